The molecule has 4 rings (SSSR count). The molecule has 1 aromatic rings. The van der Waals surface area contributed by atoms with Crippen molar-refractivity contribution in [2.45, 2.75) is 43.7 Å². The Morgan fingerprint density at radius 2 is 2.12 bits per heavy atom. The number of likely N-dealkylation sites (tertiary alicyclic amines) is 2. The topological polar surface area (TPSA) is 125 Å². The highest BCUT2D eigenvalue weighted by Crippen LogP contribution is 2.39. The highest BCUT2D eigenvalue weighted by molar-refractivity contribution is 5.68. The summed E-state index contributed by atoms with van der Waals surface area (Å²) in [6, 6.07) is 0.321. The first-order valence-electron chi connectivity index (χ1n) is 9.44. The third-order valence-corrected chi connectivity index (χ3v) is 6.07. The maximum Gasteiger partial charge on any atom is 0.134 e. The van der Waals surface area contributed by atoms with Crippen LogP contribution in [-0.2, 0) is 0 Å². The van der Waals surface area contributed by atoms with Gasteiger partial charge in [-0.3, -0.25) is 9.80 Å². The molecule has 2 aliphatic heterocycles. The van der Waals surface area contributed by atoms with E-state index in [0.29, 0.717) is 24.9 Å². The van der Waals surface area contributed by atoms with Gasteiger partial charge < -0.3 is 21.7 Å². The van der Waals surface area contributed by atoms with E-state index < -0.39 is 12.3 Å². The van der Waals surface area contributed by atoms with E-state index in [9.17, 15) is 10.2 Å². The molecule has 5 atom stereocenters. The number of nitrogens with two attached hydrogens (primary N) is 2. The number of aliphatic hydroxyl groups is 2. The zero-order valence-corrected chi connectivity index (χ0v) is 14.9. The van der Waals surface area contributed by atoms with Crippen molar-refractivity contribution in [1.29, 1.82) is 0 Å². The molecule has 1 aliphatic carbocycles. The van der Waals surface area contributed by atoms with Crippen LogP contribution in [0, 0.1) is 5.92 Å². The van der Waals surface area contributed by atoms with Crippen molar-refractivity contribution in [3.8, 4) is 0 Å². The number of hydrogen-bond donors (Lipinski definition) is 4. The molecule has 0 amide bonds. The SMILES string of the molecule is NCC[C@@H]1CCCN1C[C@H]1CN(C2C=Cc3c(N)ncnc32)[C@H](O)[C@@H]1O. The van der Waals surface area contributed by atoms with Crippen molar-refractivity contribution in [3.63, 3.8) is 0 Å². The number of nitrogen functional groups attached to an aromatic ring is 1. The van der Waals surface area contributed by atoms with Crippen molar-refractivity contribution < 1.29 is 10.2 Å². The molecular weight excluding hydrogens is 332 g/mol. The number of hydrogen-bond acceptors (Lipinski definition) is 8. The Balaban J connectivity index is 1.48. The Morgan fingerprint density at radius 3 is 2.92 bits per heavy atom. The Kier molecular flexibility index (Phi) is 4.94. The van der Waals surface area contributed by atoms with E-state index in [2.05, 4.69) is 14.9 Å². The van der Waals surface area contributed by atoms with Crippen molar-refractivity contribution in [2.75, 3.05) is 31.9 Å². The number of fused-ring (bicyclic) bond motifs is 1. The molecular formula is C18H28N6O2. The zero-order valence-electron chi connectivity index (χ0n) is 14.9. The fourth-order valence-electron chi connectivity index (χ4n) is 4.70. The summed E-state index contributed by atoms with van der Waals surface area (Å²) in [6.07, 6.45) is 6.98. The van der Waals surface area contributed by atoms with Crippen molar-refractivity contribution in [1.82, 2.24) is 19.8 Å². The fourth-order valence-corrected chi connectivity index (χ4v) is 4.70. The molecule has 1 aromatic heterocycles. The third-order valence-electron chi connectivity index (χ3n) is 6.07. The minimum Gasteiger partial charge on any atom is -0.389 e. The van der Waals surface area contributed by atoms with Gasteiger partial charge in [-0.25, -0.2) is 9.97 Å². The zero-order chi connectivity index (χ0) is 18.3. The first-order chi connectivity index (χ1) is 12.6. The van der Waals surface area contributed by atoms with Crippen LogP contribution in [0.4, 0.5) is 5.82 Å². The smallest absolute Gasteiger partial charge is 0.134 e. The quantitative estimate of drug-likeness (QED) is 0.556. The number of nitrogens with zero attached hydrogens (tertiary/aromatic N) is 4. The van der Waals surface area contributed by atoms with Crippen molar-refractivity contribution in [3.05, 3.63) is 23.7 Å². The monoisotopic (exact) mass is 360 g/mol. The molecule has 142 valence electrons. The molecule has 1 unspecified atom stereocenters. The lowest BCUT2D eigenvalue weighted by atomic mass is 10.0. The lowest BCUT2D eigenvalue weighted by Crippen LogP contribution is -2.40. The van der Waals surface area contributed by atoms with Gasteiger partial charge in [0.2, 0.25) is 0 Å². The molecule has 2 saturated heterocycles. The summed E-state index contributed by atoms with van der Waals surface area (Å²) in [6.45, 7) is 3.13. The third kappa shape index (κ3) is 3.01. The number of aromatic nitrogens is 2. The van der Waals surface area contributed by atoms with E-state index in [1.165, 1.54) is 19.2 Å². The lowest BCUT2D eigenvalue weighted by Gasteiger charge is -2.28. The average molecular weight is 360 g/mol. The van der Waals surface area contributed by atoms with Crippen LogP contribution in [0.3, 0.4) is 0 Å². The van der Waals surface area contributed by atoms with Crippen LogP contribution >= 0.6 is 0 Å². The van der Waals surface area contributed by atoms with Crippen LogP contribution in [0.15, 0.2) is 12.4 Å². The average Bonchev–Trinajstić information content (AvgIpc) is 3.31. The minimum absolute atomic E-state index is 0.00000803. The van der Waals surface area contributed by atoms with E-state index in [-0.39, 0.29) is 12.0 Å². The molecule has 0 saturated carbocycles. The summed E-state index contributed by atoms with van der Waals surface area (Å²) in [7, 11) is 0. The molecule has 0 bridgehead atoms. The van der Waals surface area contributed by atoms with E-state index in [4.69, 9.17) is 11.5 Å². The van der Waals surface area contributed by atoms with Crippen LogP contribution in [-0.4, -0.2) is 74.5 Å². The molecule has 3 heterocycles. The number of aliphatic hydroxyl groups excluding tert-OH is 2. The van der Waals surface area contributed by atoms with Crippen molar-refractivity contribution in [2.24, 2.45) is 11.7 Å². The minimum atomic E-state index is -0.910. The highest BCUT2D eigenvalue weighted by atomic mass is 16.3. The standard InChI is InChI=1S/C18H28N6O2/c19-6-5-12-2-1-7-23(12)8-11-9-24(18(26)16(11)25)14-4-3-13-15(14)21-10-22-17(13)20/h3-4,10-12,14,16,18,25-26H,1-2,5-9,19H2,(H2,20,21,22)/t11-,12-,14?,16+,18+/m0/s1. The van der Waals surface area contributed by atoms with Crippen LogP contribution in [0.2, 0.25) is 0 Å². The van der Waals surface area contributed by atoms with Gasteiger partial charge in [-0.2, -0.15) is 0 Å². The number of anilines is 1. The highest BCUT2D eigenvalue weighted by Gasteiger charge is 2.45. The summed E-state index contributed by atoms with van der Waals surface area (Å²) in [5, 5.41) is 21.3. The largest absolute Gasteiger partial charge is 0.389 e. The van der Waals surface area contributed by atoms with Crippen LogP contribution in [0.25, 0.3) is 6.08 Å². The Labute approximate surface area is 153 Å². The first-order valence-corrected chi connectivity index (χ1v) is 9.44. The Bertz CT molecular complexity index is 684. The van der Waals surface area contributed by atoms with Crippen LogP contribution in [0.5, 0.6) is 0 Å². The van der Waals surface area contributed by atoms with E-state index >= 15 is 0 Å². The summed E-state index contributed by atoms with van der Waals surface area (Å²) in [5.74, 6) is 0.446. The van der Waals surface area contributed by atoms with Gasteiger partial charge in [0.25, 0.3) is 0 Å². The predicted molar refractivity (Wildman–Crippen MR) is 98.7 cm³/mol. The summed E-state index contributed by atoms with van der Waals surface area (Å²) >= 11 is 0. The van der Waals surface area contributed by atoms with Crippen molar-refractivity contribution >= 4 is 11.9 Å². The maximum absolute atomic E-state index is 10.7. The second-order valence-electron chi connectivity index (χ2n) is 7.59. The Hall–Kier alpha value is -1.58. The van der Waals surface area contributed by atoms with Gasteiger partial charge in [0, 0.05) is 30.6 Å². The molecule has 6 N–H and O–H groups in total. The van der Waals surface area contributed by atoms with Gasteiger partial charge in [0.1, 0.15) is 18.4 Å². The second-order valence-corrected chi connectivity index (χ2v) is 7.59. The lowest BCUT2D eigenvalue weighted by molar-refractivity contribution is -0.0541. The summed E-state index contributed by atoms with van der Waals surface area (Å²) < 4.78 is 0. The van der Waals surface area contributed by atoms with E-state index in [1.54, 1.807) is 0 Å². The van der Waals surface area contributed by atoms with Gasteiger partial charge in [0.05, 0.1) is 17.8 Å². The van der Waals surface area contributed by atoms with Gasteiger partial charge in [-0.05, 0) is 32.4 Å². The molecule has 26 heavy (non-hydrogen) atoms. The first kappa shape index (κ1) is 17.8. The normalized spacial score (nSPS) is 34.7. The molecule has 8 nitrogen and oxygen atoms in total. The van der Waals surface area contributed by atoms with Gasteiger partial charge in [-0.15, -0.1) is 0 Å². The summed E-state index contributed by atoms with van der Waals surface area (Å²) in [4.78, 5) is 12.7. The van der Waals surface area contributed by atoms with Gasteiger partial charge in [0.15, 0.2) is 0 Å². The Morgan fingerprint density at radius 1 is 1.27 bits per heavy atom. The molecule has 0 aromatic carbocycles. The molecule has 0 spiro atoms. The van der Waals surface area contributed by atoms with E-state index in [0.717, 1.165) is 30.8 Å². The summed E-state index contributed by atoms with van der Waals surface area (Å²) in [5.41, 5.74) is 13.3. The number of rotatable bonds is 5. The maximum atomic E-state index is 10.7. The van der Waals surface area contributed by atoms with Gasteiger partial charge in [-0.1, -0.05) is 12.2 Å². The fraction of sp³-hybridized carbons (Fsp3) is 0.667. The molecule has 8 heteroatoms. The van der Waals surface area contributed by atoms with E-state index in [1.807, 2.05) is 17.1 Å². The van der Waals surface area contributed by atoms with Gasteiger partial charge >= 0.3 is 0 Å². The molecule has 2 fully saturated rings. The van der Waals surface area contributed by atoms with Crippen LogP contribution < -0.4 is 11.5 Å². The second kappa shape index (κ2) is 7.21. The van der Waals surface area contributed by atoms with Crippen LogP contribution in [0.1, 0.15) is 36.6 Å². The molecule has 0 radical (unpaired) electrons. The molecule has 3 aliphatic rings. The predicted octanol–water partition coefficient (Wildman–Crippen LogP) is -0.449.